The van der Waals surface area contributed by atoms with Gasteiger partial charge >= 0.3 is 0 Å². The van der Waals surface area contributed by atoms with Gasteiger partial charge in [0.1, 0.15) is 16.8 Å². The fraction of sp³-hybridized carbons (Fsp3) is 0.148. The van der Waals surface area contributed by atoms with E-state index in [2.05, 4.69) is 42.5 Å². The van der Waals surface area contributed by atoms with Crippen LogP contribution in [0, 0.1) is 18.8 Å². The molecule has 1 unspecified atom stereocenters. The zero-order chi connectivity index (χ0) is 28.0. The van der Waals surface area contributed by atoms with Crippen molar-refractivity contribution in [2.75, 3.05) is 5.73 Å². The number of hydrogen-bond donors (Lipinski definition) is 2. The second kappa shape index (κ2) is 9.52. The number of carbonyl (C=O) groups is 1. The van der Waals surface area contributed by atoms with E-state index in [4.69, 9.17) is 10.3 Å². The molecule has 0 fully saturated rings. The lowest BCUT2D eigenvalue weighted by atomic mass is 10.2. The first-order valence-corrected chi connectivity index (χ1v) is 12.2. The number of anilines is 1. The Morgan fingerprint density at radius 2 is 1.98 bits per heavy atom. The van der Waals surface area contributed by atoms with Gasteiger partial charge in [0.25, 0.3) is 17.2 Å². The van der Waals surface area contributed by atoms with Crippen molar-refractivity contribution in [2.24, 2.45) is 7.05 Å². The number of nitrogens with one attached hydrogen (secondary N) is 1. The number of amides is 1. The third-order valence-electron chi connectivity index (χ3n) is 6.49. The average Bonchev–Trinajstić information content (AvgIpc) is 3.62. The molecule has 1 aromatic carbocycles. The molecule has 0 radical (unpaired) electrons. The Bertz CT molecular complexity index is 2040. The Balaban J connectivity index is 1.45. The molecule has 6 aromatic rings. The molecule has 13 heteroatoms. The van der Waals surface area contributed by atoms with Crippen molar-refractivity contribution < 1.29 is 9.32 Å². The van der Waals surface area contributed by atoms with Gasteiger partial charge in [0.05, 0.1) is 29.2 Å². The number of aromatic nitrogens is 8. The first-order valence-electron chi connectivity index (χ1n) is 12.2. The summed E-state index contributed by atoms with van der Waals surface area (Å²) in [4.78, 5) is 36.1. The van der Waals surface area contributed by atoms with E-state index in [1.165, 1.54) is 9.08 Å². The Morgan fingerprint density at radius 3 is 2.73 bits per heavy atom. The van der Waals surface area contributed by atoms with Crippen LogP contribution in [0.3, 0.4) is 0 Å². The van der Waals surface area contributed by atoms with Crippen LogP contribution in [0.2, 0.25) is 0 Å². The van der Waals surface area contributed by atoms with E-state index < -0.39 is 17.5 Å². The van der Waals surface area contributed by atoms with Gasteiger partial charge in [0.2, 0.25) is 0 Å². The monoisotopic (exact) mass is 534 g/mol. The van der Waals surface area contributed by atoms with Crippen LogP contribution >= 0.6 is 0 Å². The Kier molecular flexibility index (Phi) is 5.84. The second-order valence-electron chi connectivity index (χ2n) is 9.02. The molecule has 0 saturated carbocycles. The molecule has 0 aliphatic rings. The minimum Gasteiger partial charge on any atom is -0.381 e. The summed E-state index contributed by atoms with van der Waals surface area (Å²) in [5, 5.41) is 15.3. The lowest BCUT2D eigenvalue weighted by molar-refractivity contribution is 0.0940. The van der Waals surface area contributed by atoms with Crippen molar-refractivity contribution >= 4 is 28.5 Å². The van der Waals surface area contributed by atoms with Crippen LogP contribution in [0.4, 0.5) is 5.82 Å². The predicted octanol–water partition coefficient (Wildman–Crippen LogP) is 1.93. The molecule has 0 spiro atoms. The topological polar surface area (TPSA) is 164 Å². The van der Waals surface area contributed by atoms with E-state index in [1.807, 2.05) is 20.0 Å². The summed E-state index contributed by atoms with van der Waals surface area (Å²) < 4.78 is 9.96. The molecule has 5 heterocycles. The molecule has 3 N–H and O–H groups in total. The molecular weight excluding hydrogens is 512 g/mol. The number of nitrogen functional groups attached to an aromatic ring is 1. The van der Waals surface area contributed by atoms with Gasteiger partial charge in [0.15, 0.2) is 17.2 Å². The first kappa shape index (κ1) is 24.6. The normalized spacial score (nSPS) is 11.9. The molecule has 0 bridgehead atoms. The smallest absolute Gasteiger partial charge is 0.272 e. The quantitative estimate of drug-likeness (QED) is 0.322. The van der Waals surface area contributed by atoms with E-state index in [0.717, 1.165) is 5.69 Å². The highest BCUT2D eigenvalue weighted by atomic mass is 16.5. The molecule has 198 valence electrons. The largest absolute Gasteiger partial charge is 0.381 e. The van der Waals surface area contributed by atoms with E-state index in [0.29, 0.717) is 16.9 Å². The van der Waals surface area contributed by atoms with Gasteiger partial charge in [-0.05, 0) is 38.0 Å². The van der Waals surface area contributed by atoms with Crippen molar-refractivity contribution in [1.29, 1.82) is 0 Å². The second-order valence-corrected chi connectivity index (χ2v) is 9.02. The molecule has 40 heavy (non-hydrogen) atoms. The number of fused-ring (bicyclic) bond motifs is 2. The van der Waals surface area contributed by atoms with Gasteiger partial charge in [-0.1, -0.05) is 29.3 Å². The fourth-order valence-corrected chi connectivity index (χ4v) is 4.33. The maximum Gasteiger partial charge on any atom is 0.272 e. The van der Waals surface area contributed by atoms with Gasteiger partial charge in [-0.25, -0.2) is 9.50 Å². The van der Waals surface area contributed by atoms with Gasteiger partial charge in [-0.3, -0.25) is 18.8 Å². The number of nitrogens with two attached hydrogens (primary N) is 1. The van der Waals surface area contributed by atoms with Crippen LogP contribution < -0.4 is 16.6 Å². The van der Waals surface area contributed by atoms with Crippen LogP contribution in [-0.2, 0) is 7.05 Å². The molecule has 1 atom stereocenters. The van der Waals surface area contributed by atoms with Gasteiger partial charge in [-0.15, -0.1) is 5.10 Å². The summed E-state index contributed by atoms with van der Waals surface area (Å²) in [5.41, 5.74) is 8.25. The van der Waals surface area contributed by atoms with Gasteiger partial charge in [0, 0.05) is 19.4 Å². The highest BCUT2D eigenvalue weighted by Crippen LogP contribution is 2.22. The summed E-state index contributed by atoms with van der Waals surface area (Å²) >= 11 is 0. The number of carbonyl (C=O) groups excluding carboxylic acids is 1. The third-order valence-corrected chi connectivity index (χ3v) is 6.49. The van der Waals surface area contributed by atoms with Crippen LogP contribution in [0.1, 0.15) is 46.1 Å². The summed E-state index contributed by atoms with van der Waals surface area (Å²) in [7, 11) is 1.82. The minimum atomic E-state index is -0.763. The molecule has 6 rings (SSSR count). The third kappa shape index (κ3) is 4.04. The lowest BCUT2D eigenvalue weighted by Crippen LogP contribution is -2.33. The Hall–Kier alpha value is -5.77. The van der Waals surface area contributed by atoms with E-state index in [-0.39, 0.29) is 34.0 Å². The van der Waals surface area contributed by atoms with Crippen molar-refractivity contribution in [2.45, 2.75) is 19.9 Å². The number of para-hydroxylation sites is 1. The van der Waals surface area contributed by atoms with Gasteiger partial charge < -0.3 is 15.6 Å². The first-order chi connectivity index (χ1) is 19.3. The van der Waals surface area contributed by atoms with Crippen molar-refractivity contribution in [3.63, 3.8) is 0 Å². The summed E-state index contributed by atoms with van der Waals surface area (Å²) in [5.74, 6) is 5.64. The molecule has 5 aromatic heterocycles. The fourth-order valence-electron chi connectivity index (χ4n) is 4.33. The number of aryl methyl sites for hydroxylation is 1. The van der Waals surface area contributed by atoms with Gasteiger partial charge in [-0.2, -0.15) is 10.1 Å². The predicted molar refractivity (Wildman–Crippen MR) is 145 cm³/mol. The SMILES string of the molecule is Cc1c(C#Cc2noc3nc(C(C)NC(=O)c4c(N)nn5cccnc45)n(-c4ccccc4)c(=O)c23)cnn1C. The van der Waals surface area contributed by atoms with Crippen LogP contribution in [0.15, 0.2) is 64.3 Å². The average molecular weight is 535 g/mol. The number of hydrogen-bond acceptors (Lipinski definition) is 9. The lowest BCUT2D eigenvalue weighted by Gasteiger charge is -2.18. The maximum absolute atomic E-state index is 13.9. The molecule has 0 aliphatic carbocycles. The zero-order valence-electron chi connectivity index (χ0n) is 21.7. The van der Waals surface area contributed by atoms with E-state index in [9.17, 15) is 9.59 Å². The standard InChI is InChI=1S/C27H22N10O3/c1-15(31-25(38)21-22(28)33-36-13-7-12-29-24(21)36)23-32-26-20(27(39)37(23)18-8-5-4-6-9-18)19(34-40-26)11-10-17-14-30-35(3)16(17)2/h4-9,12-15H,1-3H3,(H2,28,33)(H,31,38). The van der Waals surface area contributed by atoms with E-state index in [1.54, 1.807) is 60.5 Å². The summed E-state index contributed by atoms with van der Waals surface area (Å²) in [6.45, 7) is 3.59. The summed E-state index contributed by atoms with van der Waals surface area (Å²) in [6, 6.07) is 9.86. The Morgan fingerprint density at radius 1 is 1.18 bits per heavy atom. The van der Waals surface area contributed by atoms with Crippen LogP contribution in [0.25, 0.3) is 22.4 Å². The molecular formula is C27H22N10O3. The van der Waals surface area contributed by atoms with Crippen LogP contribution in [0.5, 0.6) is 0 Å². The number of rotatable bonds is 4. The summed E-state index contributed by atoms with van der Waals surface area (Å²) in [6.07, 6.45) is 4.82. The van der Waals surface area contributed by atoms with Crippen molar-refractivity contribution in [3.8, 4) is 17.5 Å². The molecule has 0 aliphatic heterocycles. The number of benzene rings is 1. The van der Waals surface area contributed by atoms with Crippen molar-refractivity contribution in [1.82, 2.24) is 44.4 Å². The van der Waals surface area contributed by atoms with Crippen LogP contribution in [-0.4, -0.2) is 45.0 Å². The highest BCUT2D eigenvalue weighted by molar-refractivity contribution is 6.04. The molecule has 1 amide bonds. The molecule has 0 saturated heterocycles. The highest BCUT2D eigenvalue weighted by Gasteiger charge is 2.26. The molecule has 13 nitrogen and oxygen atoms in total. The minimum absolute atomic E-state index is 0.00217. The maximum atomic E-state index is 13.9. The Labute approximate surface area is 226 Å². The number of nitrogens with zero attached hydrogens (tertiary/aromatic N) is 8. The van der Waals surface area contributed by atoms with Crippen molar-refractivity contribution in [3.05, 3.63) is 93.7 Å². The zero-order valence-corrected chi connectivity index (χ0v) is 21.7. The van der Waals surface area contributed by atoms with E-state index >= 15 is 0 Å².